The maximum absolute atomic E-state index is 10.7. The van der Waals surface area contributed by atoms with Crippen LogP contribution in [0.15, 0.2) is 24.3 Å². The second kappa shape index (κ2) is 4.25. The number of carbonyl (C=O) groups is 1. The second-order valence-electron chi connectivity index (χ2n) is 2.81. The molecule has 0 heterocycles. The van der Waals surface area contributed by atoms with Crippen molar-refractivity contribution in [1.29, 1.82) is 0 Å². The van der Waals surface area contributed by atoms with Crippen molar-refractivity contribution in [2.24, 2.45) is 5.84 Å². The molecule has 0 aliphatic rings. The molecule has 0 saturated carbocycles. The van der Waals surface area contributed by atoms with Gasteiger partial charge in [-0.25, -0.2) is 5.84 Å². The van der Waals surface area contributed by atoms with Crippen molar-refractivity contribution < 1.29 is 4.79 Å². The summed E-state index contributed by atoms with van der Waals surface area (Å²) in [6.07, 6.45) is 0. The maximum Gasteiger partial charge on any atom is 0.150 e. The van der Waals surface area contributed by atoms with Crippen molar-refractivity contribution in [2.45, 2.75) is 6.92 Å². The van der Waals surface area contributed by atoms with E-state index in [0.29, 0.717) is 5.02 Å². The lowest BCUT2D eigenvalue weighted by molar-refractivity contribution is -0.115. The fourth-order valence-electron chi connectivity index (χ4n) is 0.964. The van der Waals surface area contributed by atoms with E-state index in [-0.39, 0.29) is 12.3 Å². The molecule has 0 bridgehead atoms. The van der Waals surface area contributed by atoms with E-state index in [2.05, 4.69) is 0 Å². The van der Waals surface area contributed by atoms with Crippen LogP contribution in [0.4, 0.5) is 5.69 Å². The lowest BCUT2D eigenvalue weighted by Gasteiger charge is -2.16. The Morgan fingerprint density at radius 1 is 1.46 bits per heavy atom. The average molecular weight is 199 g/mol. The second-order valence-corrected chi connectivity index (χ2v) is 3.24. The molecule has 0 spiro atoms. The van der Waals surface area contributed by atoms with E-state index in [4.69, 9.17) is 17.4 Å². The van der Waals surface area contributed by atoms with Gasteiger partial charge in [0.25, 0.3) is 0 Å². The Morgan fingerprint density at radius 3 is 2.46 bits per heavy atom. The number of ketones is 1. The van der Waals surface area contributed by atoms with Gasteiger partial charge < -0.3 is 5.01 Å². The standard InChI is InChI=1S/C9H11ClN2O/c1-7(13)6-12(11)9-4-2-8(10)3-5-9/h2-5H,6,11H2,1H3. The largest absolute Gasteiger partial charge is 0.304 e. The van der Waals surface area contributed by atoms with Gasteiger partial charge in [0, 0.05) is 5.02 Å². The Hall–Kier alpha value is -1.06. The van der Waals surface area contributed by atoms with E-state index in [0.717, 1.165) is 5.69 Å². The zero-order valence-corrected chi connectivity index (χ0v) is 8.08. The van der Waals surface area contributed by atoms with Crippen molar-refractivity contribution in [2.75, 3.05) is 11.6 Å². The van der Waals surface area contributed by atoms with E-state index in [1.54, 1.807) is 24.3 Å². The molecule has 0 aliphatic heterocycles. The number of hydrazine groups is 1. The van der Waals surface area contributed by atoms with Crippen LogP contribution in [-0.4, -0.2) is 12.3 Å². The Bertz CT molecular complexity index is 297. The predicted octanol–water partition coefficient (Wildman–Crippen LogP) is 1.61. The van der Waals surface area contributed by atoms with Gasteiger partial charge in [-0.3, -0.25) is 4.79 Å². The maximum atomic E-state index is 10.7. The molecule has 0 fully saturated rings. The number of hydrogen-bond donors (Lipinski definition) is 1. The first-order chi connectivity index (χ1) is 6.09. The Balaban J connectivity index is 2.71. The summed E-state index contributed by atoms with van der Waals surface area (Å²) in [6, 6.07) is 7.00. The Kier molecular flexibility index (Phi) is 3.28. The quantitative estimate of drug-likeness (QED) is 0.593. The molecule has 3 nitrogen and oxygen atoms in total. The molecular formula is C9H11ClN2O. The fourth-order valence-corrected chi connectivity index (χ4v) is 1.09. The van der Waals surface area contributed by atoms with Crippen molar-refractivity contribution >= 4 is 23.1 Å². The third-order valence-corrected chi connectivity index (χ3v) is 1.80. The van der Waals surface area contributed by atoms with Crippen LogP contribution in [0.25, 0.3) is 0 Å². The molecule has 0 atom stereocenters. The topological polar surface area (TPSA) is 46.3 Å². The number of carbonyl (C=O) groups excluding carboxylic acids is 1. The van der Waals surface area contributed by atoms with E-state index >= 15 is 0 Å². The zero-order chi connectivity index (χ0) is 9.84. The number of halogens is 1. The summed E-state index contributed by atoms with van der Waals surface area (Å²) < 4.78 is 0. The average Bonchev–Trinajstić information content (AvgIpc) is 2.04. The third-order valence-electron chi connectivity index (χ3n) is 1.55. The molecule has 1 aromatic carbocycles. The Labute approximate surface area is 82.1 Å². The van der Waals surface area contributed by atoms with Crippen LogP contribution >= 0.6 is 11.6 Å². The molecule has 0 aliphatic carbocycles. The molecule has 70 valence electrons. The van der Waals surface area contributed by atoms with Gasteiger partial charge in [0.1, 0.15) is 0 Å². The molecule has 2 N–H and O–H groups in total. The summed E-state index contributed by atoms with van der Waals surface area (Å²) in [6.45, 7) is 1.71. The molecule has 13 heavy (non-hydrogen) atoms. The highest BCUT2D eigenvalue weighted by molar-refractivity contribution is 6.30. The van der Waals surface area contributed by atoms with Gasteiger partial charge in [0.15, 0.2) is 5.78 Å². The minimum atomic E-state index is 0.0254. The highest BCUT2D eigenvalue weighted by atomic mass is 35.5. The van der Waals surface area contributed by atoms with Gasteiger partial charge in [-0.15, -0.1) is 0 Å². The summed E-state index contributed by atoms with van der Waals surface area (Å²) in [5.74, 6) is 5.64. The highest BCUT2D eigenvalue weighted by Gasteiger charge is 2.03. The van der Waals surface area contributed by atoms with E-state index in [1.165, 1.54) is 11.9 Å². The molecule has 0 amide bonds. The SMILES string of the molecule is CC(=O)CN(N)c1ccc(Cl)cc1. The number of hydrogen-bond acceptors (Lipinski definition) is 3. The van der Waals surface area contributed by atoms with E-state index in [9.17, 15) is 4.79 Å². The van der Waals surface area contributed by atoms with Crippen LogP contribution < -0.4 is 10.9 Å². The number of nitrogens with two attached hydrogens (primary N) is 1. The Morgan fingerprint density at radius 2 is 2.00 bits per heavy atom. The van der Waals surface area contributed by atoms with Gasteiger partial charge in [0.05, 0.1) is 12.2 Å². The molecule has 0 unspecified atom stereocenters. The summed E-state index contributed by atoms with van der Waals surface area (Å²) in [7, 11) is 0. The molecule has 0 saturated heterocycles. The number of nitrogens with zero attached hydrogens (tertiary/aromatic N) is 1. The number of benzene rings is 1. The third kappa shape index (κ3) is 3.05. The van der Waals surface area contributed by atoms with Crippen molar-refractivity contribution in [1.82, 2.24) is 0 Å². The monoisotopic (exact) mass is 198 g/mol. The van der Waals surface area contributed by atoms with Crippen LogP contribution in [0.1, 0.15) is 6.92 Å². The minimum absolute atomic E-state index is 0.0254. The zero-order valence-electron chi connectivity index (χ0n) is 7.33. The van der Waals surface area contributed by atoms with Gasteiger partial charge in [-0.1, -0.05) is 11.6 Å². The summed E-state index contributed by atoms with van der Waals surface area (Å²) in [4.78, 5) is 10.7. The van der Waals surface area contributed by atoms with E-state index < -0.39 is 0 Å². The summed E-state index contributed by atoms with van der Waals surface area (Å²) >= 11 is 5.70. The summed E-state index contributed by atoms with van der Waals surface area (Å²) in [5, 5.41) is 2.04. The molecule has 0 aromatic heterocycles. The molecular weight excluding hydrogens is 188 g/mol. The number of anilines is 1. The highest BCUT2D eigenvalue weighted by Crippen LogP contribution is 2.15. The van der Waals surface area contributed by atoms with Crippen LogP contribution in [0.5, 0.6) is 0 Å². The van der Waals surface area contributed by atoms with Crippen LogP contribution in [0, 0.1) is 0 Å². The van der Waals surface area contributed by atoms with Gasteiger partial charge >= 0.3 is 0 Å². The number of Topliss-reactive ketones (excluding diaryl/α,β-unsaturated/α-hetero) is 1. The lowest BCUT2D eigenvalue weighted by atomic mass is 10.3. The van der Waals surface area contributed by atoms with Gasteiger partial charge in [0.2, 0.25) is 0 Å². The van der Waals surface area contributed by atoms with Crippen molar-refractivity contribution in [3.05, 3.63) is 29.3 Å². The van der Waals surface area contributed by atoms with Crippen molar-refractivity contribution in [3.8, 4) is 0 Å². The molecule has 1 aromatic rings. The molecule has 1 rings (SSSR count). The minimum Gasteiger partial charge on any atom is -0.304 e. The normalized spacial score (nSPS) is 9.77. The summed E-state index contributed by atoms with van der Waals surface area (Å²) in [5.41, 5.74) is 0.777. The molecule has 0 radical (unpaired) electrons. The van der Waals surface area contributed by atoms with Gasteiger partial charge in [-0.2, -0.15) is 0 Å². The lowest BCUT2D eigenvalue weighted by Crippen LogP contribution is -2.35. The predicted molar refractivity (Wildman–Crippen MR) is 53.7 cm³/mol. The smallest absolute Gasteiger partial charge is 0.150 e. The first kappa shape index (κ1) is 10.0. The van der Waals surface area contributed by atoms with Crippen LogP contribution in [0.3, 0.4) is 0 Å². The fraction of sp³-hybridized carbons (Fsp3) is 0.222. The molecule has 4 heteroatoms. The van der Waals surface area contributed by atoms with Crippen LogP contribution in [-0.2, 0) is 4.79 Å². The first-order valence-electron chi connectivity index (χ1n) is 3.87. The van der Waals surface area contributed by atoms with Crippen molar-refractivity contribution in [3.63, 3.8) is 0 Å². The van der Waals surface area contributed by atoms with Gasteiger partial charge in [-0.05, 0) is 31.2 Å². The number of rotatable bonds is 3. The van der Waals surface area contributed by atoms with E-state index in [1.807, 2.05) is 0 Å². The first-order valence-corrected chi connectivity index (χ1v) is 4.24. The van der Waals surface area contributed by atoms with Crippen LogP contribution in [0.2, 0.25) is 5.02 Å².